The number of hydrogen-bond acceptors (Lipinski definition) is 6. The van der Waals surface area contributed by atoms with E-state index in [0.29, 0.717) is 17.4 Å². The van der Waals surface area contributed by atoms with Gasteiger partial charge in [-0.25, -0.2) is 4.98 Å². The molecule has 0 bridgehead atoms. The van der Waals surface area contributed by atoms with Crippen molar-refractivity contribution in [3.63, 3.8) is 0 Å². The molecule has 0 aromatic carbocycles. The lowest BCUT2D eigenvalue weighted by Crippen LogP contribution is -2.12. The fraction of sp³-hybridized carbons (Fsp3) is 0.400. The summed E-state index contributed by atoms with van der Waals surface area (Å²) in [5, 5.41) is 7.21. The second kappa shape index (κ2) is 3.97. The zero-order chi connectivity index (χ0) is 10.8. The van der Waals surface area contributed by atoms with E-state index < -0.39 is 0 Å². The van der Waals surface area contributed by atoms with Crippen molar-refractivity contribution >= 4 is 0 Å². The van der Waals surface area contributed by atoms with E-state index in [1.54, 1.807) is 18.6 Å². The quantitative estimate of drug-likeness (QED) is 0.807. The Morgan fingerprint density at radius 2 is 2.38 bits per heavy atom. The molecule has 2 aromatic heterocycles. The highest BCUT2D eigenvalue weighted by atomic mass is 16.5. The Kier molecular flexibility index (Phi) is 2.34. The first-order valence-electron chi connectivity index (χ1n) is 5.27. The molecule has 16 heavy (non-hydrogen) atoms. The minimum absolute atomic E-state index is 0.193. The van der Waals surface area contributed by atoms with E-state index in [1.165, 1.54) is 0 Å². The molecule has 1 saturated heterocycles. The summed E-state index contributed by atoms with van der Waals surface area (Å²) in [7, 11) is 0. The maximum atomic E-state index is 5.21. The average molecular weight is 217 g/mol. The number of nitrogens with one attached hydrogen (secondary N) is 1. The molecule has 3 heterocycles. The van der Waals surface area contributed by atoms with Crippen LogP contribution >= 0.6 is 0 Å². The number of nitrogens with zero attached hydrogens (tertiary/aromatic N) is 4. The van der Waals surface area contributed by atoms with Crippen LogP contribution < -0.4 is 5.32 Å². The monoisotopic (exact) mass is 217 g/mol. The van der Waals surface area contributed by atoms with Crippen LogP contribution in [0.1, 0.15) is 24.8 Å². The van der Waals surface area contributed by atoms with Crippen molar-refractivity contribution in [2.75, 3.05) is 6.54 Å². The van der Waals surface area contributed by atoms with Gasteiger partial charge in [-0.3, -0.25) is 4.98 Å². The molecule has 2 aromatic rings. The van der Waals surface area contributed by atoms with Crippen LogP contribution in [0.5, 0.6) is 0 Å². The van der Waals surface area contributed by atoms with E-state index in [9.17, 15) is 0 Å². The third-order valence-corrected chi connectivity index (χ3v) is 2.59. The third-order valence-electron chi connectivity index (χ3n) is 2.59. The molecule has 1 aliphatic rings. The van der Waals surface area contributed by atoms with Crippen LogP contribution in [0.25, 0.3) is 11.5 Å². The molecule has 0 radical (unpaired) electrons. The lowest BCUT2D eigenvalue weighted by Gasteiger charge is -2.01. The highest BCUT2D eigenvalue weighted by molar-refractivity contribution is 5.45. The molecule has 0 spiro atoms. The standard InChI is InChI=1S/C10H11N5O/c1-2-7(12-3-1)10-14-9(15-16-10)8-6-11-4-5-13-8/h4-7,12H,1-3H2/t7-/m1/s1. The first-order valence-corrected chi connectivity index (χ1v) is 5.27. The lowest BCUT2D eigenvalue weighted by atomic mass is 10.2. The Balaban J connectivity index is 1.87. The van der Waals surface area contributed by atoms with Gasteiger partial charge in [0.1, 0.15) is 5.69 Å². The summed E-state index contributed by atoms with van der Waals surface area (Å²) in [6.45, 7) is 1.01. The van der Waals surface area contributed by atoms with Gasteiger partial charge in [0.15, 0.2) is 0 Å². The predicted octanol–water partition coefficient (Wildman–Crippen LogP) is 0.951. The minimum Gasteiger partial charge on any atom is -0.337 e. The summed E-state index contributed by atoms with van der Waals surface area (Å²) < 4.78 is 5.21. The van der Waals surface area contributed by atoms with Gasteiger partial charge in [-0.05, 0) is 19.4 Å². The van der Waals surface area contributed by atoms with E-state index in [1.807, 2.05) is 0 Å². The maximum absolute atomic E-state index is 5.21. The van der Waals surface area contributed by atoms with E-state index in [4.69, 9.17) is 4.52 Å². The van der Waals surface area contributed by atoms with Crippen LogP contribution in [0.15, 0.2) is 23.1 Å². The average Bonchev–Trinajstić information content (AvgIpc) is 3.01. The molecule has 0 amide bonds. The Hall–Kier alpha value is -1.82. The summed E-state index contributed by atoms with van der Waals surface area (Å²) in [5.74, 6) is 1.13. The third kappa shape index (κ3) is 1.67. The molecular weight excluding hydrogens is 206 g/mol. The van der Waals surface area contributed by atoms with Gasteiger partial charge in [-0.1, -0.05) is 5.16 Å². The fourth-order valence-electron chi connectivity index (χ4n) is 1.79. The van der Waals surface area contributed by atoms with E-state index in [-0.39, 0.29) is 6.04 Å². The molecule has 1 fully saturated rings. The second-order valence-corrected chi connectivity index (χ2v) is 3.70. The van der Waals surface area contributed by atoms with E-state index >= 15 is 0 Å². The zero-order valence-corrected chi connectivity index (χ0v) is 8.63. The molecule has 6 heteroatoms. The molecule has 1 aliphatic heterocycles. The van der Waals surface area contributed by atoms with E-state index in [2.05, 4.69) is 25.4 Å². The molecule has 6 nitrogen and oxygen atoms in total. The molecule has 0 unspecified atom stereocenters. The topological polar surface area (TPSA) is 76.7 Å². The first kappa shape index (κ1) is 9.41. The SMILES string of the molecule is c1cnc(-c2noc([C@H]3CCCN3)n2)cn1. The van der Waals surface area contributed by atoms with Crippen LogP contribution in [-0.4, -0.2) is 26.7 Å². The van der Waals surface area contributed by atoms with Gasteiger partial charge in [0.2, 0.25) is 11.7 Å². The van der Waals surface area contributed by atoms with Crippen molar-refractivity contribution in [3.8, 4) is 11.5 Å². The number of rotatable bonds is 2. The highest BCUT2D eigenvalue weighted by Crippen LogP contribution is 2.22. The second-order valence-electron chi connectivity index (χ2n) is 3.70. The van der Waals surface area contributed by atoms with Crippen molar-refractivity contribution in [2.45, 2.75) is 18.9 Å². The molecule has 82 valence electrons. The number of hydrogen-bond donors (Lipinski definition) is 1. The van der Waals surface area contributed by atoms with Crippen LogP contribution in [0, 0.1) is 0 Å². The highest BCUT2D eigenvalue weighted by Gasteiger charge is 2.22. The molecule has 0 saturated carbocycles. The summed E-state index contributed by atoms with van der Waals surface area (Å²) in [5.41, 5.74) is 0.635. The van der Waals surface area contributed by atoms with Crippen LogP contribution in [-0.2, 0) is 0 Å². The zero-order valence-electron chi connectivity index (χ0n) is 8.63. The minimum atomic E-state index is 0.193. The Morgan fingerprint density at radius 3 is 3.12 bits per heavy atom. The van der Waals surface area contributed by atoms with Crippen molar-refractivity contribution in [3.05, 3.63) is 24.5 Å². The Labute approximate surface area is 92.1 Å². The van der Waals surface area contributed by atoms with Gasteiger partial charge >= 0.3 is 0 Å². The van der Waals surface area contributed by atoms with Crippen LogP contribution in [0.2, 0.25) is 0 Å². The predicted molar refractivity (Wildman–Crippen MR) is 55.3 cm³/mol. The van der Waals surface area contributed by atoms with Gasteiger partial charge in [0.05, 0.1) is 12.2 Å². The van der Waals surface area contributed by atoms with Gasteiger partial charge < -0.3 is 9.84 Å². The van der Waals surface area contributed by atoms with Gasteiger partial charge in [0, 0.05) is 12.4 Å². The van der Waals surface area contributed by atoms with Crippen molar-refractivity contribution < 1.29 is 4.52 Å². The molecule has 1 atom stereocenters. The van der Waals surface area contributed by atoms with Crippen molar-refractivity contribution in [2.24, 2.45) is 0 Å². The molecule has 0 aliphatic carbocycles. The maximum Gasteiger partial charge on any atom is 0.244 e. The summed E-state index contributed by atoms with van der Waals surface area (Å²) >= 11 is 0. The Bertz CT molecular complexity index is 463. The van der Waals surface area contributed by atoms with Gasteiger partial charge in [0.25, 0.3) is 0 Å². The van der Waals surface area contributed by atoms with Crippen molar-refractivity contribution in [1.82, 2.24) is 25.4 Å². The van der Waals surface area contributed by atoms with E-state index in [0.717, 1.165) is 19.4 Å². The largest absolute Gasteiger partial charge is 0.337 e. The molecule has 1 N–H and O–H groups in total. The normalized spacial score (nSPS) is 20.1. The Morgan fingerprint density at radius 1 is 1.38 bits per heavy atom. The summed E-state index contributed by atoms with van der Waals surface area (Å²) in [6.07, 6.45) is 7.04. The van der Waals surface area contributed by atoms with Gasteiger partial charge in [-0.2, -0.15) is 4.98 Å². The lowest BCUT2D eigenvalue weighted by molar-refractivity contribution is 0.345. The summed E-state index contributed by atoms with van der Waals surface area (Å²) in [6, 6.07) is 0.193. The van der Waals surface area contributed by atoms with Crippen molar-refractivity contribution in [1.29, 1.82) is 0 Å². The smallest absolute Gasteiger partial charge is 0.244 e. The van der Waals surface area contributed by atoms with Gasteiger partial charge in [-0.15, -0.1) is 0 Å². The number of aromatic nitrogens is 4. The summed E-state index contributed by atoms with van der Waals surface area (Å²) in [4.78, 5) is 12.4. The first-order chi connectivity index (χ1) is 7.93. The fourth-order valence-corrected chi connectivity index (χ4v) is 1.79. The molecule has 3 rings (SSSR count). The van der Waals surface area contributed by atoms with Crippen LogP contribution in [0.4, 0.5) is 0 Å². The van der Waals surface area contributed by atoms with Crippen LogP contribution in [0.3, 0.4) is 0 Å². The molecular formula is C10H11N5O.